The first-order chi connectivity index (χ1) is 12.5. The zero-order chi connectivity index (χ0) is 18.7. The number of carboxylic acids is 1. The predicted molar refractivity (Wildman–Crippen MR) is 98.1 cm³/mol. The molecule has 0 bridgehead atoms. The average molecular weight is 353 g/mol. The summed E-state index contributed by atoms with van der Waals surface area (Å²) in [5.74, 6) is -0.988. The van der Waals surface area contributed by atoms with E-state index in [4.69, 9.17) is 4.74 Å². The SMILES string of the molecule is CC(C)Oc1ccccc1CC(=O)N1Cc2ccccc2C(C(=O)O)C1. The zero-order valence-corrected chi connectivity index (χ0v) is 15.0. The van der Waals surface area contributed by atoms with E-state index in [0.717, 1.165) is 16.7 Å². The molecular weight excluding hydrogens is 330 g/mol. The summed E-state index contributed by atoms with van der Waals surface area (Å²) in [4.78, 5) is 26.2. The summed E-state index contributed by atoms with van der Waals surface area (Å²) in [6.07, 6.45) is 0.210. The first kappa shape index (κ1) is 18.0. The molecule has 2 aromatic carbocycles. The van der Waals surface area contributed by atoms with E-state index in [9.17, 15) is 14.7 Å². The molecule has 1 amide bonds. The quantitative estimate of drug-likeness (QED) is 0.896. The number of carboxylic acid groups (broad SMARTS) is 1. The molecule has 0 saturated carbocycles. The molecule has 1 aliphatic rings. The maximum Gasteiger partial charge on any atom is 0.312 e. The third-order valence-corrected chi connectivity index (χ3v) is 4.52. The number of fused-ring (bicyclic) bond motifs is 1. The van der Waals surface area contributed by atoms with Crippen LogP contribution < -0.4 is 4.74 Å². The molecule has 136 valence electrons. The molecule has 1 N–H and O–H groups in total. The van der Waals surface area contributed by atoms with E-state index in [1.165, 1.54) is 0 Å². The fourth-order valence-electron chi connectivity index (χ4n) is 3.30. The lowest BCUT2D eigenvalue weighted by atomic mass is 9.89. The van der Waals surface area contributed by atoms with E-state index < -0.39 is 11.9 Å². The van der Waals surface area contributed by atoms with Crippen molar-refractivity contribution >= 4 is 11.9 Å². The van der Waals surface area contributed by atoms with E-state index in [0.29, 0.717) is 12.3 Å². The van der Waals surface area contributed by atoms with Crippen LogP contribution in [0, 0.1) is 0 Å². The van der Waals surface area contributed by atoms with E-state index in [1.54, 1.807) is 4.90 Å². The van der Waals surface area contributed by atoms with E-state index in [2.05, 4.69) is 0 Å². The zero-order valence-electron chi connectivity index (χ0n) is 15.0. The summed E-state index contributed by atoms with van der Waals surface area (Å²) in [5.41, 5.74) is 2.51. The van der Waals surface area contributed by atoms with Gasteiger partial charge in [0.05, 0.1) is 18.4 Å². The fraction of sp³-hybridized carbons (Fsp3) is 0.333. The van der Waals surface area contributed by atoms with Crippen molar-refractivity contribution in [1.82, 2.24) is 4.90 Å². The van der Waals surface area contributed by atoms with Crippen LogP contribution in [0.3, 0.4) is 0 Å². The van der Waals surface area contributed by atoms with Gasteiger partial charge in [0.15, 0.2) is 0 Å². The molecule has 0 saturated heterocycles. The van der Waals surface area contributed by atoms with Crippen LogP contribution in [-0.2, 0) is 22.6 Å². The molecule has 5 nitrogen and oxygen atoms in total. The molecule has 0 fully saturated rings. The maximum absolute atomic E-state index is 12.9. The Morgan fingerprint density at radius 3 is 2.58 bits per heavy atom. The van der Waals surface area contributed by atoms with Crippen molar-refractivity contribution in [2.75, 3.05) is 6.54 Å². The van der Waals surface area contributed by atoms with Gasteiger partial charge in [-0.2, -0.15) is 0 Å². The third kappa shape index (κ3) is 3.87. The van der Waals surface area contributed by atoms with Gasteiger partial charge in [0.1, 0.15) is 5.75 Å². The van der Waals surface area contributed by atoms with Crippen LogP contribution in [-0.4, -0.2) is 34.5 Å². The second-order valence-corrected chi connectivity index (χ2v) is 6.82. The minimum atomic E-state index is -0.904. The minimum absolute atomic E-state index is 0.0181. The maximum atomic E-state index is 12.9. The molecule has 5 heteroatoms. The lowest BCUT2D eigenvalue weighted by molar-refractivity contribution is -0.141. The first-order valence-corrected chi connectivity index (χ1v) is 8.78. The number of amides is 1. The van der Waals surface area contributed by atoms with Crippen molar-refractivity contribution in [2.45, 2.75) is 38.8 Å². The van der Waals surface area contributed by atoms with Crippen molar-refractivity contribution in [3.05, 3.63) is 65.2 Å². The topological polar surface area (TPSA) is 66.8 Å². The monoisotopic (exact) mass is 353 g/mol. The number of carbonyl (C=O) groups excluding carboxylic acids is 1. The van der Waals surface area contributed by atoms with Gasteiger partial charge in [0.25, 0.3) is 0 Å². The van der Waals surface area contributed by atoms with Gasteiger partial charge in [-0.05, 0) is 31.0 Å². The summed E-state index contributed by atoms with van der Waals surface area (Å²) in [7, 11) is 0. The molecule has 0 aliphatic carbocycles. The smallest absolute Gasteiger partial charge is 0.312 e. The van der Waals surface area contributed by atoms with Crippen LogP contribution in [0.15, 0.2) is 48.5 Å². The Bertz CT molecular complexity index is 815. The van der Waals surface area contributed by atoms with Crippen LogP contribution in [0.2, 0.25) is 0 Å². The second-order valence-electron chi connectivity index (χ2n) is 6.82. The number of benzene rings is 2. The van der Waals surface area contributed by atoms with Crippen LogP contribution >= 0.6 is 0 Å². The van der Waals surface area contributed by atoms with Gasteiger partial charge in [-0.25, -0.2) is 0 Å². The van der Waals surface area contributed by atoms with E-state index in [-0.39, 0.29) is 25.0 Å². The number of nitrogens with zero attached hydrogens (tertiary/aromatic N) is 1. The molecule has 1 unspecified atom stereocenters. The van der Waals surface area contributed by atoms with Gasteiger partial charge in [0.2, 0.25) is 5.91 Å². The Labute approximate surface area is 153 Å². The van der Waals surface area contributed by atoms with Crippen molar-refractivity contribution in [3.63, 3.8) is 0 Å². The van der Waals surface area contributed by atoms with E-state index in [1.807, 2.05) is 62.4 Å². The molecule has 26 heavy (non-hydrogen) atoms. The lowest BCUT2D eigenvalue weighted by Gasteiger charge is -2.33. The number of rotatable bonds is 5. The standard InChI is InChI=1S/C21H23NO4/c1-14(2)26-19-10-6-4-7-15(19)11-20(23)22-12-16-8-3-5-9-17(16)18(13-22)21(24)25/h3-10,14,18H,11-13H2,1-2H3,(H,24,25). The highest BCUT2D eigenvalue weighted by molar-refractivity contribution is 5.83. The number of aliphatic carboxylic acids is 1. The molecule has 3 rings (SSSR count). The Hall–Kier alpha value is -2.82. The molecule has 2 aromatic rings. The van der Waals surface area contributed by atoms with Gasteiger partial charge in [0, 0.05) is 18.7 Å². The molecule has 1 aliphatic heterocycles. The predicted octanol–water partition coefficient (Wildman–Crippen LogP) is 3.23. The van der Waals surface area contributed by atoms with Crippen LogP contribution in [0.25, 0.3) is 0 Å². The summed E-state index contributed by atoms with van der Waals surface area (Å²) in [6, 6.07) is 14.9. The highest BCUT2D eigenvalue weighted by Gasteiger charge is 2.32. The normalized spacial score (nSPS) is 16.3. The van der Waals surface area contributed by atoms with Crippen molar-refractivity contribution < 1.29 is 19.4 Å². The number of hydrogen-bond acceptors (Lipinski definition) is 3. The van der Waals surface area contributed by atoms with Crippen LogP contribution in [0.4, 0.5) is 0 Å². The van der Waals surface area contributed by atoms with Crippen molar-refractivity contribution in [1.29, 1.82) is 0 Å². The summed E-state index contributed by atoms with van der Waals surface area (Å²) in [6.45, 7) is 4.51. The van der Waals surface area contributed by atoms with Crippen LogP contribution in [0.5, 0.6) is 5.75 Å². The van der Waals surface area contributed by atoms with Crippen molar-refractivity contribution in [3.8, 4) is 5.75 Å². The summed E-state index contributed by atoms with van der Waals surface area (Å²) in [5, 5.41) is 9.56. The first-order valence-electron chi connectivity index (χ1n) is 8.78. The Morgan fingerprint density at radius 2 is 1.85 bits per heavy atom. The molecule has 0 aromatic heterocycles. The highest BCUT2D eigenvalue weighted by atomic mass is 16.5. The number of hydrogen-bond donors (Lipinski definition) is 1. The number of para-hydroxylation sites is 1. The van der Waals surface area contributed by atoms with Crippen LogP contribution in [0.1, 0.15) is 36.5 Å². The molecule has 1 atom stereocenters. The molecule has 1 heterocycles. The Balaban J connectivity index is 1.80. The fourth-order valence-corrected chi connectivity index (χ4v) is 3.30. The van der Waals surface area contributed by atoms with Gasteiger partial charge in [-0.15, -0.1) is 0 Å². The Kier molecular flexibility index (Phi) is 5.26. The molecule has 0 radical (unpaired) electrons. The molecular formula is C21H23NO4. The average Bonchev–Trinajstić information content (AvgIpc) is 2.61. The van der Waals surface area contributed by atoms with Gasteiger partial charge < -0.3 is 14.7 Å². The number of carbonyl (C=O) groups is 2. The van der Waals surface area contributed by atoms with E-state index >= 15 is 0 Å². The summed E-state index contributed by atoms with van der Waals surface area (Å²) >= 11 is 0. The Morgan fingerprint density at radius 1 is 1.15 bits per heavy atom. The van der Waals surface area contributed by atoms with Gasteiger partial charge in [-0.1, -0.05) is 42.5 Å². The van der Waals surface area contributed by atoms with Crippen molar-refractivity contribution in [2.24, 2.45) is 0 Å². The second kappa shape index (κ2) is 7.60. The van der Waals surface area contributed by atoms with Gasteiger partial charge >= 0.3 is 5.97 Å². The minimum Gasteiger partial charge on any atom is -0.491 e. The highest BCUT2D eigenvalue weighted by Crippen LogP contribution is 2.29. The number of ether oxygens (including phenoxy) is 1. The largest absolute Gasteiger partial charge is 0.491 e. The van der Waals surface area contributed by atoms with Gasteiger partial charge in [-0.3, -0.25) is 9.59 Å². The third-order valence-electron chi connectivity index (χ3n) is 4.52. The summed E-state index contributed by atoms with van der Waals surface area (Å²) < 4.78 is 5.78. The lowest BCUT2D eigenvalue weighted by Crippen LogP contribution is -2.41. The molecule has 0 spiro atoms.